The number of halogens is 3. The van der Waals surface area contributed by atoms with Gasteiger partial charge in [0.15, 0.2) is 11.0 Å². The van der Waals surface area contributed by atoms with Crippen LogP contribution in [0, 0.1) is 0 Å². The Morgan fingerprint density at radius 2 is 1.81 bits per heavy atom. The first-order valence-electron chi connectivity index (χ1n) is 13.2. The Morgan fingerprint density at radius 1 is 1.09 bits per heavy atom. The molecular formula is C30H25F3N6O3S. The maximum absolute atomic E-state index is 12.6. The predicted molar refractivity (Wildman–Crippen MR) is 159 cm³/mol. The quantitative estimate of drug-likeness (QED) is 0.214. The Balaban J connectivity index is 1.23. The van der Waals surface area contributed by atoms with Gasteiger partial charge in [-0.15, -0.1) is 18.3 Å². The molecule has 0 radical (unpaired) electrons. The van der Waals surface area contributed by atoms with E-state index in [1.54, 1.807) is 0 Å². The third kappa shape index (κ3) is 7.17. The Bertz CT molecular complexity index is 1680. The van der Waals surface area contributed by atoms with E-state index in [0.717, 1.165) is 28.8 Å². The molecule has 0 spiro atoms. The topological polar surface area (TPSA) is 102 Å². The lowest BCUT2D eigenvalue weighted by Crippen LogP contribution is -2.30. The molecule has 43 heavy (non-hydrogen) atoms. The zero-order chi connectivity index (χ0) is 30.6. The van der Waals surface area contributed by atoms with Crippen LogP contribution >= 0.6 is 11.8 Å². The van der Waals surface area contributed by atoms with E-state index in [1.165, 1.54) is 58.2 Å². The number of hydrogen-bond donors (Lipinski definition) is 0. The van der Waals surface area contributed by atoms with Crippen molar-refractivity contribution in [2.24, 2.45) is 9.98 Å². The van der Waals surface area contributed by atoms with E-state index in [9.17, 15) is 22.8 Å². The van der Waals surface area contributed by atoms with Crippen LogP contribution in [0.2, 0.25) is 0 Å². The summed E-state index contributed by atoms with van der Waals surface area (Å²) in [7, 11) is 0. The van der Waals surface area contributed by atoms with Crippen molar-refractivity contribution in [1.29, 1.82) is 0 Å². The summed E-state index contributed by atoms with van der Waals surface area (Å²) in [5.74, 6) is -0.0514. The smallest absolute Gasteiger partial charge is 0.406 e. The van der Waals surface area contributed by atoms with Crippen molar-refractivity contribution >= 4 is 40.8 Å². The molecule has 1 aliphatic heterocycles. The lowest BCUT2D eigenvalue weighted by Gasteiger charge is -2.18. The summed E-state index contributed by atoms with van der Waals surface area (Å²) in [6, 6.07) is 19.5. The number of benzene rings is 3. The van der Waals surface area contributed by atoms with Gasteiger partial charge in [-0.25, -0.2) is 19.5 Å². The van der Waals surface area contributed by atoms with Crippen LogP contribution in [0.15, 0.2) is 89.1 Å². The molecule has 1 aromatic heterocycles. The first-order chi connectivity index (χ1) is 20.6. The highest BCUT2D eigenvalue weighted by molar-refractivity contribution is 8.15. The third-order valence-electron chi connectivity index (χ3n) is 6.50. The van der Waals surface area contributed by atoms with Gasteiger partial charge in [0.1, 0.15) is 12.1 Å². The number of aliphatic imine (C=N–C) groups is 2. The monoisotopic (exact) mass is 606 g/mol. The Kier molecular flexibility index (Phi) is 8.71. The predicted octanol–water partition coefficient (Wildman–Crippen LogP) is 6.83. The lowest BCUT2D eigenvalue weighted by molar-refractivity contribution is -0.274. The zero-order valence-electron chi connectivity index (χ0n) is 23.0. The number of carbonyl (C=O) groups is 2. The van der Waals surface area contributed by atoms with Gasteiger partial charge in [-0.1, -0.05) is 68.1 Å². The van der Waals surface area contributed by atoms with Crippen molar-refractivity contribution in [2.75, 3.05) is 10.7 Å². The number of hydrogen-bond acceptors (Lipinski definition) is 6. The van der Waals surface area contributed by atoms with Crippen molar-refractivity contribution in [3.63, 3.8) is 0 Å². The number of rotatable bonds is 7. The Hall–Kier alpha value is -4.78. The minimum absolute atomic E-state index is 0.136. The van der Waals surface area contributed by atoms with Gasteiger partial charge in [0, 0.05) is 17.7 Å². The molecular weight excluding hydrogens is 581 g/mol. The number of urea groups is 1. The van der Waals surface area contributed by atoms with Crippen LogP contribution in [-0.4, -0.2) is 50.2 Å². The van der Waals surface area contributed by atoms with E-state index in [2.05, 4.69) is 24.8 Å². The van der Waals surface area contributed by atoms with Gasteiger partial charge in [-0.05, 0) is 47.9 Å². The molecule has 3 amide bonds. The summed E-state index contributed by atoms with van der Waals surface area (Å²) < 4.78 is 42.5. The molecule has 0 N–H and O–H groups in total. The van der Waals surface area contributed by atoms with E-state index < -0.39 is 12.4 Å². The molecule has 0 bridgehead atoms. The lowest BCUT2D eigenvalue weighted by atomic mass is 10.0. The Labute approximate surface area is 249 Å². The van der Waals surface area contributed by atoms with E-state index in [4.69, 9.17) is 0 Å². The van der Waals surface area contributed by atoms with Crippen molar-refractivity contribution in [3.05, 3.63) is 90.3 Å². The molecule has 1 unspecified atom stereocenters. The fraction of sp³-hybridized carbons (Fsp3) is 0.200. The van der Waals surface area contributed by atoms with Crippen molar-refractivity contribution < 1.29 is 27.5 Å². The van der Waals surface area contributed by atoms with Gasteiger partial charge in [-0.3, -0.25) is 9.69 Å². The number of amides is 3. The number of amidine groups is 1. The fourth-order valence-corrected chi connectivity index (χ4v) is 5.19. The molecule has 2 heterocycles. The number of thioether (sulfide) groups is 1. The van der Waals surface area contributed by atoms with E-state index >= 15 is 0 Å². The Morgan fingerprint density at radius 3 is 2.51 bits per heavy atom. The molecule has 220 valence electrons. The number of para-hydroxylation sites is 1. The number of alkyl halides is 3. The van der Waals surface area contributed by atoms with Gasteiger partial charge in [0.25, 0.3) is 0 Å². The summed E-state index contributed by atoms with van der Waals surface area (Å²) in [5, 5.41) is 4.72. The summed E-state index contributed by atoms with van der Waals surface area (Å²) >= 11 is 1.21. The minimum atomic E-state index is -4.76. The van der Waals surface area contributed by atoms with Crippen molar-refractivity contribution in [3.8, 4) is 22.8 Å². The minimum Gasteiger partial charge on any atom is -0.406 e. The van der Waals surface area contributed by atoms with Crippen LogP contribution in [0.3, 0.4) is 0 Å². The molecule has 1 fully saturated rings. The maximum Gasteiger partial charge on any atom is 0.573 e. The molecule has 13 heteroatoms. The highest BCUT2D eigenvalue weighted by Crippen LogP contribution is 2.30. The SMILES string of the molecule is CCc1ccccc1N1C(=O)CSC1=NC(=O)N=CC(C)c1ccc(-c2ncn(-c3ccc(OC(F)(F)F)cc3)n2)cc1. The molecule has 9 nitrogen and oxygen atoms in total. The first kappa shape index (κ1) is 29.7. The normalized spacial score (nSPS) is 15.4. The largest absolute Gasteiger partial charge is 0.573 e. The second-order valence-corrected chi connectivity index (χ2v) is 10.4. The average Bonchev–Trinajstić information content (AvgIpc) is 3.62. The van der Waals surface area contributed by atoms with Crippen LogP contribution < -0.4 is 9.64 Å². The second-order valence-electron chi connectivity index (χ2n) is 9.42. The van der Waals surface area contributed by atoms with Crippen LogP contribution in [0.5, 0.6) is 5.75 Å². The standard InChI is InChI=1S/C30H25F3N6O3S/c1-3-20-6-4-5-7-25(20)39-26(40)17-43-29(39)36-28(41)34-16-19(2)21-8-10-22(11-9-21)27-35-18-38(37-27)23-12-14-24(15-13-23)42-30(31,32)33/h4-16,18-19H,3,17H2,1-2H3. The van der Waals surface area contributed by atoms with E-state index in [1.807, 2.05) is 62.4 Å². The molecule has 1 atom stereocenters. The van der Waals surface area contributed by atoms with Crippen LogP contribution in [0.25, 0.3) is 17.1 Å². The van der Waals surface area contributed by atoms with Crippen LogP contribution in [-0.2, 0) is 11.2 Å². The summed E-state index contributed by atoms with van der Waals surface area (Å²) in [6.07, 6.45) is -1.06. The molecule has 0 saturated carbocycles. The number of carbonyl (C=O) groups excluding carboxylic acids is 2. The number of ether oxygens (including phenoxy) is 1. The molecule has 5 rings (SSSR count). The van der Waals surface area contributed by atoms with Gasteiger partial charge >= 0.3 is 12.4 Å². The van der Waals surface area contributed by atoms with Crippen LogP contribution in [0.1, 0.15) is 30.9 Å². The number of nitrogens with zero attached hydrogens (tertiary/aromatic N) is 6. The number of aryl methyl sites for hydroxylation is 1. The molecule has 1 aliphatic rings. The zero-order valence-corrected chi connectivity index (χ0v) is 23.8. The molecule has 3 aromatic carbocycles. The first-order valence-corrected chi connectivity index (χ1v) is 14.2. The highest BCUT2D eigenvalue weighted by atomic mass is 32.2. The molecule has 1 saturated heterocycles. The molecule has 0 aliphatic carbocycles. The molecule has 4 aromatic rings. The average molecular weight is 607 g/mol. The van der Waals surface area contributed by atoms with Crippen molar-refractivity contribution in [2.45, 2.75) is 32.5 Å². The van der Waals surface area contributed by atoms with E-state index in [-0.39, 0.29) is 23.3 Å². The second kappa shape index (κ2) is 12.6. The van der Waals surface area contributed by atoms with Crippen LogP contribution in [0.4, 0.5) is 23.7 Å². The summed E-state index contributed by atoms with van der Waals surface area (Å²) in [4.78, 5) is 39.0. The van der Waals surface area contributed by atoms with Gasteiger partial charge in [0.2, 0.25) is 5.91 Å². The number of anilines is 1. The summed E-state index contributed by atoms with van der Waals surface area (Å²) in [5.41, 5.74) is 3.82. The van der Waals surface area contributed by atoms with Gasteiger partial charge in [-0.2, -0.15) is 4.99 Å². The highest BCUT2D eigenvalue weighted by Gasteiger charge is 2.32. The number of aromatic nitrogens is 3. The fourth-order valence-electron chi connectivity index (χ4n) is 4.34. The summed E-state index contributed by atoms with van der Waals surface area (Å²) in [6.45, 7) is 3.88. The van der Waals surface area contributed by atoms with Gasteiger partial charge < -0.3 is 4.74 Å². The van der Waals surface area contributed by atoms with Gasteiger partial charge in [0.05, 0.1) is 17.1 Å². The maximum atomic E-state index is 12.6. The third-order valence-corrected chi connectivity index (χ3v) is 7.42. The van der Waals surface area contributed by atoms with Crippen molar-refractivity contribution in [1.82, 2.24) is 14.8 Å². The van der Waals surface area contributed by atoms with E-state index in [0.29, 0.717) is 16.7 Å².